The zero-order valence-electron chi connectivity index (χ0n) is 11.6. The molecule has 106 valence electrons. The quantitative estimate of drug-likeness (QED) is 0.833. The lowest BCUT2D eigenvalue weighted by Crippen LogP contribution is -2.23. The summed E-state index contributed by atoms with van der Waals surface area (Å²) >= 11 is 1.58. The Bertz CT molecular complexity index is 413. The van der Waals surface area contributed by atoms with Gasteiger partial charge >= 0.3 is 0 Å². The Kier molecular flexibility index (Phi) is 5.27. The lowest BCUT2D eigenvalue weighted by molar-refractivity contribution is -0.121. The highest BCUT2D eigenvalue weighted by Crippen LogP contribution is 2.19. The molecule has 19 heavy (non-hydrogen) atoms. The fourth-order valence-corrected chi connectivity index (χ4v) is 2.91. The number of carbonyl (C=O) groups excluding carboxylic acids is 1. The van der Waals surface area contributed by atoms with Crippen LogP contribution in [0.15, 0.2) is 0 Å². The van der Waals surface area contributed by atoms with Gasteiger partial charge < -0.3 is 10.6 Å². The summed E-state index contributed by atoms with van der Waals surface area (Å²) < 4.78 is 0. The number of carbonyl (C=O) groups is 1. The second-order valence-electron chi connectivity index (χ2n) is 5.36. The van der Waals surface area contributed by atoms with Crippen LogP contribution in [0, 0.1) is 5.92 Å². The Hall–Kier alpha value is -1.01. The van der Waals surface area contributed by atoms with Crippen LogP contribution in [-0.4, -0.2) is 29.2 Å². The van der Waals surface area contributed by atoms with Crippen molar-refractivity contribution >= 4 is 17.2 Å². The van der Waals surface area contributed by atoms with E-state index in [1.807, 2.05) is 0 Å². The van der Waals surface area contributed by atoms with Gasteiger partial charge in [-0.2, -0.15) is 0 Å². The molecule has 2 rings (SSSR count). The molecule has 1 fully saturated rings. The van der Waals surface area contributed by atoms with E-state index in [-0.39, 0.29) is 5.91 Å². The van der Waals surface area contributed by atoms with E-state index in [2.05, 4.69) is 34.7 Å². The van der Waals surface area contributed by atoms with Crippen LogP contribution in [0.25, 0.3) is 0 Å². The highest BCUT2D eigenvalue weighted by atomic mass is 32.1. The van der Waals surface area contributed by atoms with E-state index in [0.29, 0.717) is 24.8 Å². The van der Waals surface area contributed by atoms with Crippen LogP contribution in [0.2, 0.25) is 0 Å². The van der Waals surface area contributed by atoms with Gasteiger partial charge in [0, 0.05) is 12.3 Å². The van der Waals surface area contributed by atoms with E-state index in [1.165, 1.54) is 6.42 Å². The number of amides is 1. The van der Waals surface area contributed by atoms with Crippen LogP contribution >= 0.6 is 11.3 Å². The molecule has 0 bridgehead atoms. The minimum absolute atomic E-state index is 0.119. The number of hydrogen-bond donors (Lipinski definition) is 2. The molecule has 1 saturated heterocycles. The zero-order chi connectivity index (χ0) is 13.7. The average molecular weight is 282 g/mol. The Morgan fingerprint density at radius 2 is 2.37 bits per heavy atom. The molecule has 1 amide bonds. The van der Waals surface area contributed by atoms with Crippen LogP contribution in [0.1, 0.15) is 49.0 Å². The van der Waals surface area contributed by atoms with Crippen molar-refractivity contribution < 1.29 is 4.79 Å². The number of nitrogens with one attached hydrogen (secondary N) is 2. The van der Waals surface area contributed by atoms with Crippen molar-refractivity contribution in [2.24, 2.45) is 5.92 Å². The van der Waals surface area contributed by atoms with Crippen molar-refractivity contribution in [1.29, 1.82) is 0 Å². The van der Waals surface area contributed by atoms with Gasteiger partial charge in [0.1, 0.15) is 10.0 Å². The molecule has 1 aliphatic rings. The fourth-order valence-electron chi connectivity index (χ4n) is 2.13. The molecule has 2 heterocycles. The Morgan fingerprint density at radius 3 is 3.00 bits per heavy atom. The van der Waals surface area contributed by atoms with E-state index >= 15 is 0 Å². The van der Waals surface area contributed by atoms with Crippen molar-refractivity contribution in [3.05, 3.63) is 10.0 Å². The molecule has 0 saturated carbocycles. The van der Waals surface area contributed by atoms with Crippen LogP contribution in [0.5, 0.6) is 0 Å². The van der Waals surface area contributed by atoms with Crippen LogP contribution < -0.4 is 10.6 Å². The number of nitrogens with zero attached hydrogens (tertiary/aromatic N) is 2. The summed E-state index contributed by atoms with van der Waals surface area (Å²) in [6.45, 7) is 6.85. The third-order valence-electron chi connectivity index (χ3n) is 3.36. The SMILES string of the molecule is CC(C)c1nnc(CNC(=O)CCC2CCNC2)s1. The fraction of sp³-hybridized carbons (Fsp3) is 0.769. The first-order valence-corrected chi connectivity index (χ1v) is 7.76. The topological polar surface area (TPSA) is 66.9 Å². The Balaban J connectivity index is 1.67. The summed E-state index contributed by atoms with van der Waals surface area (Å²) in [5.41, 5.74) is 0. The summed E-state index contributed by atoms with van der Waals surface area (Å²) in [6, 6.07) is 0. The van der Waals surface area contributed by atoms with Gasteiger partial charge in [0.2, 0.25) is 5.91 Å². The molecule has 1 aliphatic heterocycles. The smallest absolute Gasteiger partial charge is 0.220 e. The van der Waals surface area contributed by atoms with E-state index in [0.717, 1.165) is 29.5 Å². The summed E-state index contributed by atoms with van der Waals surface area (Å²) in [4.78, 5) is 11.7. The molecule has 1 aromatic heterocycles. The maximum absolute atomic E-state index is 11.7. The molecule has 1 atom stereocenters. The second-order valence-corrected chi connectivity index (χ2v) is 6.46. The first kappa shape index (κ1) is 14.4. The van der Waals surface area contributed by atoms with Gasteiger partial charge in [-0.25, -0.2) is 0 Å². The minimum Gasteiger partial charge on any atom is -0.350 e. The molecule has 0 spiro atoms. The Labute approximate surface area is 118 Å². The first-order valence-electron chi connectivity index (χ1n) is 6.95. The lowest BCUT2D eigenvalue weighted by Gasteiger charge is -2.07. The number of aromatic nitrogens is 2. The zero-order valence-corrected chi connectivity index (χ0v) is 12.4. The van der Waals surface area contributed by atoms with E-state index < -0.39 is 0 Å². The van der Waals surface area contributed by atoms with Gasteiger partial charge in [-0.05, 0) is 31.8 Å². The van der Waals surface area contributed by atoms with Crippen molar-refractivity contribution in [2.75, 3.05) is 13.1 Å². The standard InChI is InChI=1S/C13H22N4OS/c1-9(2)13-17-16-12(19-13)8-15-11(18)4-3-10-5-6-14-7-10/h9-10,14H,3-8H2,1-2H3,(H,15,18). The monoisotopic (exact) mass is 282 g/mol. The molecular formula is C13H22N4OS. The largest absolute Gasteiger partial charge is 0.350 e. The molecule has 0 aromatic carbocycles. The van der Waals surface area contributed by atoms with Gasteiger partial charge in [0.05, 0.1) is 6.54 Å². The van der Waals surface area contributed by atoms with Crippen molar-refractivity contribution in [3.63, 3.8) is 0 Å². The number of hydrogen-bond acceptors (Lipinski definition) is 5. The lowest BCUT2D eigenvalue weighted by atomic mass is 10.0. The molecule has 1 aromatic rings. The van der Waals surface area contributed by atoms with Crippen molar-refractivity contribution in [1.82, 2.24) is 20.8 Å². The maximum Gasteiger partial charge on any atom is 0.220 e. The second kappa shape index (κ2) is 6.96. The third-order valence-corrected chi connectivity index (χ3v) is 4.58. The maximum atomic E-state index is 11.7. The molecule has 0 radical (unpaired) electrons. The highest BCUT2D eigenvalue weighted by molar-refractivity contribution is 7.11. The summed E-state index contributed by atoms with van der Waals surface area (Å²) in [5.74, 6) is 1.19. The van der Waals surface area contributed by atoms with Crippen LogP contribution in [0.3, 0.4) is 0 Å². The molecule has 2 N–H and O–H groups in total. The Morgan fingerprint density at radius 1 is 1.53 bits per heavy atom. The molecule has 0 aliphatic carbocycles. The predicted molar refractivity (Wildman–Crippen MR) is 76.1 cm³/mol. The van der Waals surface area contributed by atoms with Gasteiger partial charge in [-0.3, -0.25) is 4.79 Å². The third kappa shape index (κ3) is 4.54. The van der Waals surface area contributed by atoms with Gasteiger partial charge in [-0.1, -0.05) is 25.2 Å². The van der Waals surface area contributed by atoms with Crippen LogP contribution in [0.4, 0.5) is 0 Å². The van der Waals surface area contributed by atoms with Gasteiger partial charge in [0.15, 0.2) is 0 Å². The van der Waals surface area contributed by atoms with E-state index in [9.17, 15) is 4.79 Å². The molecule has 1 unspecified atom stereocenters. The summed E-state index contributed by atoms with van der Waals surface area (Å²) in [7, 11) is 0. The summed E-state index contributed by atoms with van der Waals surface area (Å²) in [6.07, 6.45) is 2.79. The van der Waals surface area contributed by atoms with E-state index in [1.54, 1.807) is 11.3 Å². The van der Waals surface area contributed by atoms with Crippen molar-refractivity contribution in [2.45, 2.75) is 45.6 Å². The van der Waals surface area contributed by atoms with Crippen molar-refractivity contribution in [3.8, 4) is 0 Å². The van der Waals surface area contributed by atoms with Gasteiger partial charge in [-0.15, -0.1) is 10.2 Å². The molecule has 5 nitrogen and oxygen atoms in total. The first-order chi connectivity index (χ1) is 9.15. The van der Waals surface area contributed by atoms with Crippen LogP contribution in [-0.2, 0) is 11.3 Å². The molecule has 6 heteroatoms. The van der Waals surface area contributed by atoms with E-state index in [4.69, 9.17) is 0 Å². The molecular weight excluding hydrogens is 260 g/mol. The predicted octanol–water partition coefficient (Wildman–Crippen LogP) is 1.67. The average Bonchev–Trinajstić information content (AvgIpc) is 3.05. The highest BCUT2D eigenvalue weighted by Gasteiger charge is 2.15. The summed E-state index contributed by atoms with van der Waals surface area (Å²) in [5, 5.41) is 16.4. The number of rotatable bonds is 6. The minimum atomic E-state index is 0.119. The normalized spacial score (nSPS) is 19.0. The van der Waals surface area contributed by atoms with Gasteiger partial charge in [0.25, 0.3) is 0 Å².